The third-order valence-corrected chi connectivity index (χ3v) is 1.55. The molecule has 0 bridgehead atoms. The van der Waals surface area contributed by atoms with E-state index in [1.165, 1.54) is 0 Å². The van der Waals surface area contributed by atoms with E-state index < -0.39 is 12.2 Å². The Labute approximate surface area is 76.7 Å². The number of alkyl halides is 3. The van der Waals surface area contributed by atoms with Crippen LogP contribution in [0.5, 0.6) is 0 Å². The maximum absolute atomic E-state index is 12.0. The molecule has 0 aliphatic carbocycles. The molecule has 0 aromatic carbocycles. The van der Waals surface area contributed by atoms with Gasteiger partial charge in [0.25, 0.3) is 0 Å². The van der Waals surface area contributed by atoms with E-state index in [0.717, 1.165) is 12.4 Å². The van der Waals surface area contributed by atoms with Crippen molar-refractivity contribution in [3.05, 3.63) is 23.2 Å². The molecular weight excluding hydrogens is 207 g/mol. The minimum atomic E-state index is -4.49. The fraction of sp³-hybridized carbons (Fsp3) is 0.333. The average molecular weight is 212 g/mol. The zero-order chi connectivity index (χ0) is 10.1. The maximum atomic E-state index is 12.0. The molecule has 3 nitrogen and oxygen atoms in total. The van der Waals surface area contributed by atoms with Crippen LogP contribution in [0.25, 0.3) is 0 Å². The second-order valence-corrected chi connectivity index (χ2v) is 2.64. The lowest BCUT2D eigenvalue weighted by Gasteiger charge is -2.14. The summed E-state index contributed by atoms with van der Waals surface area (Å²) in [6.45, 7) is 0. The van der Waals surface area contributed by atoms with Crippen molar-refractivity contribution in [1.82, 2.24) is 9.97 Å². The molecule has 1 aromatic rings. The molecule has 0 saturated carbocycles. The Morgan fingerprint density at radius 1 is 1.31 bits per heavy atom. The topological polar surface area (TPSA) is 51.8 Å². The van der Waals surface area contributed by atoms with Crippen molar-refractivity contribution in [1.29, 1.82) is 0 Å². The number of aromatic nitrogens is 2. The molecule has 2 N–H and O–H groups in total. The predicted octanol–water partition coefficient (Wildman–Crippen LogP) is 1.69. The molecule has 0 unspecified atom stereocenters. The molecule has 7 heteroatoms. The molecule has 1 atom stereocenters. The highest BCUT2D eigenvalue weighted by molar-refractivity contribution is 6.28. The van der Waals surface area contributed by atoms with E-state index >= 15 is 0 Å². The van der Waals surface area contributed by atoms with Crippen LogP contribution in [0.15, 0.2) is 12.4 Å². The lowest BCUT2D eigenvalue weighted by Crippen LogP contribution is -2.28. The Morgan fingerprint density at radius 2 is 1.77 bits per heavy atom. The van der Waals surface area contributed by atoms with Gasteiger partial charge >= 0.3 is 6.18 Å². The number of halogens is 4. The van der Waals surface area contributed by atoms with Gasteiger partial charge in [0, 0.05) is 18.0 Å². The smallest absolute Gasteiger partial charge is 0.316 e. The molecule has 0 saturated heterocycles. The van der Waals surface area contributed by atoms with Crippen molar-refractivity contribution in [2.45, 2.75) is 12.2 Å². The lowest BCUT2D eigenvalue weighted by molar-refractivity contribution is -0.149. The summed E-state index contributed by atoms with van der Waals surface area (Å²) in [6, 6.07) is -2.07. The first-order valence-electron chi connectivity index (χ1n) is 3.21. The Bertz CT molecular complexity index is 284. The molecule has 0 spiro atoms. The number of hydrogen-bond donors (Lipinski definition) is 1. The third-order valence-electron chi connectivity index (χ3n) is 1.35. The standard InChI is InChI=1S/C6H5ClF3N3/c7-5-12-1-3(2-13-5)4(11)6(8,9)10/h1-2,4H,11H2/t4-/m0/s1. The Balaban J connectivity index is 2.90. The van der Waals surface area contributed by atoms with Gasteiger partial charge < -0.3 is 5.73 Å². The van der Waals surface area contributed by atoms with Crippen molar-refractivity contribution in [3.8, 4) is 0 Å². The highest BCUT2D eigenvalue weighted by atomic mass is 35.5. The van der Waals surface area contributed by atoms with E-state index in [1.807, 2.05) is 0 Å². The minimum absolute atomic E-state index is 0.113. The van der Waals surface area contributed by atoms with Crippen LogP contribution >= 0.6 is 11.6 Å². The predicted molar refractivity (Wildman–Crippen MR) is 40.0 cm³/mol. The Kier molecular flexibility index (Phi) is 2.72. The monoisotopic (exact) mass is 211 g/mol. The first kappa shape index (κ1) is 10.2. The average Bonchev–Trinajstić information content (AvgIpc) is 2.03. The van der Waals surface area contributed by atoms with Crippen LogP contribution in [-0.4, -0.2) is 16.1 Å². The number of nitrogens with two attached hydrogens (primary N) is 1. The zero-order valence-electron chi connectivity index (χ0n) is 6.22. The highest BCUT2D eigenvalue weighted by Crippen LogP contribution is 2.29. The van der Waals surface area contributed by atoms with Crippen molar-refractivity contribution in [3.63, 3.8) is 0 Å². The second-order valence-electron chi connectivity index (χ2n) is 2.30. The van der Waals surface area contributed by atoms with E-state index in [-0.39, 0.29) is 10.8 Å². The van der Waals surface area contributed by atoms with Gasteiger partial charge in [-0.1, -0.05) is 0 Å². The third kappa shape index (κ3) is 2.53. The summed E-state index contributed by atoms with van der Waals surface area (Å²) >= 11 is 5.29. The van der Waals surface area contributed by atoms with Gasteiger partial charge in [0.05, 0.1) is 0 Å². The maximum Gasteiger partial charge on any atom is 0.407 e. The molecule has 0 amide bonds. The Hall–Kier alpha value is -0.880. The molecule has 72 valence electrons. The molecule has 1 heterocycles. The largest absolute Gasteiger partial charge is 0.407 e. The van der Waals surface area contributed by atoms with E-state index in [9.17, 15) is 13.2 Å². The lowest BCUT2D eigenvalue weighted by atomic mass is 10.1. The van der Waals surface area contributed by atoms with Crippen LogP contribution in [0, 0.1) is 0 Å². The normalized spacial score (nSPS) is 14.2. The summed E-state index contributed by atoms with van der Waals surface area (Å²) in [7, 11) is 0. The molecule has 1 rings (SSSR count). The molecule has 0 aliphatic rings. The summed E-state index contributed by atoms with van der Waals surface area (Å²) in [4.78, 5) is 6.78. The summed E-state index contributed by atoms with van der Waals surface area (Å²) in [5.41, 5.74) is 4.66. The zero-order valence-corrected chi connectivity index (χ0v) is 6.97. The summed E-state index contributed by atoms with van der Waals surface area (Å²) in [5.74, 6) is 0. The number of rotatable bonds is 1. The van der Waals surface area contributed by atoms with Gasteiger partial charge in [-0.25, -0.2) is 9.97 Å². The van der Waals surface area contributed by atoms with E-state index in [1.54, 1.807) is 0 Å². The first-order valence-corrected chi connectivity index (χ1v) is 3.59. The first-order chi connectivity index (χ1) is 5.91. The van der Waals surface area contributed by atoms with Gasteiger partial charge in [0.2, 0.25) is 5.28 Å². The van der Waals surface area contributed by atoms with Gasteiger partial charge in [-0.05, 0) is 11.6 Å². The summed E-state index contributed by atoms with van der Waals surface area (Å²) in [6.07, 6.45) is -2.59. The molecule has 1 aromatic heterocycles. The summed E-state index contributed by atoms with van der Waals surface area (Å²) in [5, 5.41) is -0.113. The van der Waals surface area contributed by atoms with Gasteiger partial charge in [0.15, 0.2) is 0 Å². The van der Waals surface area contributed by atoms with Crippen molar-refractivity contribution in [2.24, 2.45) is 5.73 Å². The van der Waals surface area contributed by atoms with Gasteiger partial charge in [-0.3, -0.25) is 0 Å². The van der Waals surface area contributed by atoms with Crippen LogP contribution in [0.1, 0.15) is 11.6 Å². The molecular formula is C6H5ClF3N3. The SMILES string of the molecule is N[C@@H](c1cnc(Cl)nc1)C(F)(F)F. The van der Waals surface area contributed by atoms with Crippen molar-refractivity contribution < 1.29 is 13.2 Å². The van der Waals surface area contributed by atoms with E-state index in [0.29, 0.717) is 0 Å². The highest BCUT2D eigenvalue weighted by Gasteiger charge is 2.38. The van der Waals surface area contributed by atoms with Crippen LogP contribution in [0.3, 0.4) is 0 Å². The van der Waals surface area contributed by atoms with E-state index in [4.69, 9.17) is 17.3 Å². The van der Waals surface area contributed by atoms with Gasteiger partial charge in [-0.2, -0.15) is 13.2 Å². The van der Waals surface area contributed by atoms with E-state index in [2.05, 4.69) is 9.97 Å². The fourth-order valence-electron chi connectivity index (χ4n) is 0.672. The van der Waals surface area contributed by atoms with Gasteiger partial charge in [0.1, 0.15) is 6.04 Å². The fourth-order valence-corrected chi connectivity index (χ4v) is 0.769. The van der Waals surface area contributed by atoms with Gasteiger partial charge in [-0.15, -0.1) is 0 Å². The molecule has 13 heavy (non-hydrogen) atoms. The molecule has 0 radical (unpaired) electrons. The van der Waals surface area contributed by atoms with Crippen LogP contribution in [-0.2, 0) is 0 Å². The number of hydrogen-bond acceptors (Lipinski definition) is 3. The Morgan fingerprint density at radius 3 is 2.15 bits per heavy atom. The van der Waals surface area contributed by atoms with Crippen molar-refractivity contribution in [2.75, 3.05) is 0 Å². The molecule has 0 fully saturated rings. The minimum Gasteiger partial charge on any atom is -0.316 e. The van der Waals surface area contributed by atoms with Crippen LogP contribution in [0.4, 0.5) is 13.2 Å². The molecule has 0 aliphatic heterocycles. The summed E-state index contributed by atoms with van der Waals surface area (Å²) < 4.78 is 36.1. The number of nitrogens with zero attached hydrogens (tertiary/aromatic N) is 2. The van der Waals surface area contributed by atoms with Crippen LogP contribution < -0.4 is 5.73 Å². The van der Waals surface area contributed by atoms with Crippen LogP contribution in [0.2, 0.25) is 5.28 Å². The second kappa shape index (κ2) is 3.47. The van der Waals surface area contributed by atoms with Crippen molar-refractivity contribution >= 4 is 11.6 Å². The quantitative estimate of drug-likeness (QED) is 0.720.